The number of methoxy groups -OCH3 is 1. The molecular weight excluding hydrogens is 489 g/mol. The van der Waals surface area contributed by atoms with Crippen LogP contribution in [0.25, 0.3) is 0 Å². The van der Waals surface area contributed by atoms with Gasteiger partial charge in [0, 0.05) is 12.6 Å². The van der Waals surface area contributed by atoms with Gasteiger partial charge in [-0.1, -0.05) is 23.2 Å². The van der Waals surface area contributed by atoms with E-state index in [1.165, 1.54) is 7.11 Å². The summed E-state index contributed by atoms with van der Waals surface area (Å²) in [7, 11) is -3.06. The molecule has 0 aliphatic heterocycles. The van der Waals surface area contributed by atoms with Gasteiger partial charge in [-0.2, -0.15) is 0 Å². The molecule has 0 aromatic heterocycles. The lowest BCUT2D eigenvalue weighted by Gasteiger charge is -2.22. The molecule has 0 saturated heterocycles. The fraction of sp³-hybridized carbons (Fsp3) is 0.556. The standard InChI is InChI=1S/C18H25Cl2N3O8S/c1-18(2,3)31-17(25)22-12(16(24)30-4)7-5-6-10-21-32(28,29)15-11(19)8-9-13(14(15)20)23(26)27/h8-9,12,21H,5-7,10H2,1-4H3,(H,22,25). The van der Waals surface area contributed by atoms with Crippen molar-refractivity contribution in [2.45, 2.75) is 56.6 Å². The van der Waals surface area contributed by atoms with Crippen LogP contribution in [-0.4, -0.2) is 50.7 Å². The highest BCUT2D eigenvalue weighted by molar-refractivity contribution is 7.89. The first kappa shape index (κ1) is 27.9. The summed E-state index contributed by atoms with van der Waals surface area (Å²) in [4.78, 5) is 33.4. The third kappa shape index (κ3) is 8.41. The van der Waals surface area contributed by atoms with Gasteiger partial charge in [0.2, 0.25) is 10.0 Å². The number of benzene rings is 1. The Morgan fingerprint density at radius 3 is 2.38 bits per heavy atom. The summed E-state index contributed by atoms with van der Waals surface area (Å²) in [5, 5.41) is 12.6. The molecule has 1 amide bonds. The Bertz CT molecular complexity index is 964. The topological polar surface area (TPSA) is 154 Å². The minimum Gasteiger partial charge on any atom is -0.467 e. The molecule has 0 spiro atoms. The summed E-state index contributed by atoms with van der Waals surface area (Å²) in [6, 6.07) is 1.10. The number of nitrogens with zero attached hydrogens (tertiary/aromatic N) is 1. The molecule has 0 bridgehead atoms. The van der Waals surface area contributed by atoms with Crippen LogP contribution in [0, 0.1) is 10.1 Å². The molecule has 0 aliphatic carbocycles. The molecule has 1 aromatic carbocycles. The van der Waals surface area contributed by atoms with Gasteiger partial charge < -0.3 is 14.8 Å². The Balaban J connectivity index is 2.71. The zero-order valence-electron chi connectivity index (χ0n) is 17.9. The van der Waals surface area contributed by atoms with E-state index in [-0.39, 0.29) is 24.4 Å². The summed E-state index contributed by atoms with van der Waals surface area (Å²) >= 11 is 11.8. The number of ether oxygens (including phenoxy) is 2. The average molecular weight is 514 g/mol. The average Bonchev–Trinajstić information content (AvgIpc) is 2.64. The number of carbonyl (C=O) groups excluding carboxylic acids is 2. The van der Waals surface area contributed by atoms with Gasteiger partial charge in [0.1, 0.15) is 21.6 Å². The number of amides is 1. The van der Waals surface area contributed by atoms with E-state index >= 15 is 0 Å². The van der Waals surface area contributed by atoms with Gasteiger partial charge in [-0.3, -0.25) is 10.1 Å². The molecule has 0 saturated carbocycles. The van der Waals surface area contributed by atoms with E-state index in [1.54, 1.807) is 20.8 Å². The second-order valence-electron chi connectivity index (χ2n) is 7.58. The number of unbranched alkanes of at least 4 members (excludes halogenated alkanes) is 1. The first-order valence-corrected chi connectivity index (χ1v) is 11.6. The predicted molar refractivity (Wildman–Crippen MR) is 117 cm³/mol. The molecule has 1 rings (SSSR count). The lowest BCUT2D eigenvalue weighted by atomic mass is 10.1. The van der Waals surface area contributed by atoms with Gasteiger partial charge in [0.15, 0.2) is 0 Å². The van der Waals surface area contributed by atoms with Gasteiger partial charge in [0.05, 0.1) is 17.1 Å². The molecule has 1 unspecified atom stereocenters. The molecule has 0 aliphatic rings. The van der Waals surface area contributed by atoms with Crippen molar-refractivity contribution in [2.24, 2.45) is 0 Å². The van der Waals surface area contributed by atoms with E-state index in [0.29, 0.717) is 6.42 Å². The molecule has 1 atom stereocenters. The fourth-order valence-corrected chi connectivity index (χ4v) is 4.77. The Labute approximate surface area is 195 Å². The lowest BCUT2D eigenvalue weighted by molar-refractivity contribution is -0.384. The highest BCUT2D eigenvalue weighted by Crippen LogP contribution is 2.36. The zero-order chi connectivity index (χ0) is 24.7. The predicted octanol–water partition coefficient (Wildman–Crippen LogP) is 3.42. The lowest BCUT2D eigenvalue weighted by Crippen LogP contribution is -2.44. The van der Waals surface area contributed by atoms with Crippen LogP contribution in [0.1, 0.15) is 40.0 Å². The molecule has 32 heavy (non-hydrogen) atoms. The molecule has 180 valence electrons. The van der Waals surface area contributed by atoms with Gasteiger partial charge in [-0.05, 0) is 46.1 Å². The number of nitro groups is 1. The summed E-state index contributed by atoms with van der Waals surface area (Å²) in [5.74, 6) is -0.674. The van der Waals surface area contributed by atoms with E-state index < -0.39 is 54.3 Å². The van der Waals surface area contributed by atoms with Gasteiger partial charge >= 0.3 is 12.1 Å². The highest BCUT2D eigenvalue weighted by atomic mass is 35.5. The number of hydrogen-bond acceptors (Lipinski definition) is 8. The number of rotatable bonds is 10. The van der Waals surface area contributed by atoms with E-state index in [9.17, 15) is 28.1 Å². The van der Waals surface area contributed by atoms with E-state index in [0.717, 1.165) is 12.1 Å². The number of alkyl carbamates (subject to hydrolysis) is 1. The normalized spacial score (nSPS) is 12.7. The van der Waals surface area contributed by atoms with Crippen molar-refractivity contribution in [2.75, 3.05) is 13.7 Å². The van der Waals surface area contributed by atoms with Crippen LogP contribution in [0.5, 0.6) is 0 Å². The maximum absolute atomic E-state index is 12.5. The van der Waals surface area contributed by atoms with Crippen LogP contribution in [0.3, 0.4) is 0 Å². The molecule has 0 radical (unpaired) electrons. The number of carbonyl (C=O) groups is 2. The summed E-state index contributed by atoms with van der Waals surface area (Å²) in [5.41, 5.74) is -1.34. The second kappa shape index (κ2) is 11.6. The van der Waals surface area contributed by atoms with Gasteiger partial charge in [-0.15, -0.1) is 0 Å². The molecule has 2 N–H and O–H groups in total. The fourth-order valence-electron chi connectivity index (χ4n) is 2.50. The quantitative estimate of drug-likeness (QED) is 0.208. The Hall–Kier alpha value is -2.15. The highest BCUT2D eigenvalue weighted by Gasteiger charge is 2.28. The number of nitrogens with one attached hydrogen (secondary N) is 2. The van der Waals surface area contributed by atoms with Crippen molar-refractivity contribution < 1.29 is 32.4 Å². The summed E-state index contributed by atoms with van der Waals surface area (Å²) in [6.07, 6.45) is -0.0311. The molecule has 1 aromatic rings. The van der Waals surface area contributed by atoms with Crippen molar-refractivity contribution in [1.82, 2.24) is 10.0 Å². The molecule has 0 heterocycles. The minimum absolute atomic E-state index is 0.0714. The first-order valence-electron chi connectivity index (χ1n) is 9.39. The van der Waals surface area contributed by atoms with Crippen LogP contribution < -0.4 is 10.0 Å². The smallest absolute Gasteiger partial charge is 0.408 e. The SMILES string of the molecule is COC(=O)C(CCCCNS(=O)(=O)c1c(Cl)ccc([N+](=O)[O-])c1Cl)NC(=O)OC(C)(C)C. The van der Waals surface area contributed by atoms with Gasteiger partial charge in [-0.25, -0.2) is 22.7 Å². The van der Waals surface area contributed by atoms with Crippen molar-refractivity contribution in [3.63, 3.8) is 0 Å². The monoisotopic (exact) mass is 513 g/mol. The second-order valence-corrected chi connectivity index (χ2v) is 10.1. The van der Waals surface area contributed by atoms with Crippen molar-refractivity contribution in [1.29, 1.82) is 0 Å². The van der Waals surface area contributed by atoms with Crippen LogP contribution in [0.15, 0.2) is 17.0 Å². The number of halogens is 2. The van der Waals surface area contributed by atoms with Crippen LogP contribution in [0.2, 0.25) is 10.0 Å². The van der Waals surface area contributed by atoms with Crippen LogP contribution in [0.4, 0.5) is 10.5 Å². The molecule has 0 fully saturated rings. The third-order valence-electron chi connectivity index (χ3n) is 3.88. The summed E-state index contributed by atoms with van der Waals surface area (Å²) in [6.45, 7) is 4.95. The number of hydrogen-bond donors (Lipinski definition) is 2. The van der Waals surface area contributed by atoms with Crippen LogP contribution >= 0.6 is 23.2 Å². The third-order valence-corrected chi connectivity index (χ3v) is 6.35. The van der Waals surface area contributed by atoms with E-state index in [1.807, 2.05) is 0 Å². The van der Waals surface area contributed by atoms with E-state index in [4.69, 9.17) is 27.9 Å². The number of sulfonamides is 1. The maximum Gasteiger partial charge on any atom is 0.408 e. The number of nitro benzene ring substituents is 1. The Morgan fingerprint density at radius 2 is 1.84 bits per heavy atom. The molecule has 11 nitrogen and oxygen atoms in total. The first-order chi connectivity index (χ1) is 14.7. The zero-order valence-corrected chi connectivity index (χ0v) is 20.3. The Morgan fingerprint density at radius 1 is 1.22 bits per heavy atom. The van der Waals surface area contributed by atoms with Crippen molar-refractivity contribution in [3.05, 3.63) is 32.3 Å². The molecular formula is C18H25Cl2N3O8S. The van der Waals surface area contributed by atoms with Crippen LogP contribution in [-0.2, 0) is 24.3 Å². The Kier molecular flexibility index (Phi) is 10.1. The van der Waals surface area contributed by atoms with E-state index in [2.05, 4.69) is 14.8 Å². The molecule has 14 heteroatoms. The maximum atomic E-state index is 12.5. The van der Waals surface area contributed by atoms with Gasteiger partial charge in [0.25, 0.3) is 5.69 Å². The number of esters is 1. The largest absolute Gasteiger partial charge is 0.467 e. The van der Waals surface area contributed by atoms with Crippen molar-refractivity contribution >= 4 is 51.0 Å². The van der Waals surface area contributed by atoms with Crippen molar-refractivity contribution in [3.8, 4) is 0 Å². The minimum atomic E-state index is -4.24. The summed E-state index contributed by atoms with van der Waals surface area (Å²) < 4.78 is 37.1.